The molecule has 0 bridgehead atoms. The fraction of sp³-hybridized carbons (Fsp3) is 0.200. The predicted octanol–water partition coefficient (Wildman–Crippen LogP) is 3.20. The number of nitriles is 1. The maximum atomic E-state index is 11.4. The van der Waals surface area contributed by atoms with Crippen LogP contribution in [0.2, 0.25) is 5.02 Å². The third-order valence-corrected chi connectivity index (χ3v) is 2.67. The van der Waals surface area contributed by atoms with E-state index in [1.165, 1.54) is 0 Å². The summed E-state index contributed by atoms with van der Waals surface area (Å²) >= 11 is 9.01. The highest BCUT2D eigenvalue weighted by atomic mass is 79.9. The second kappa shape index (κ2) is 5.15. The molecular weight excluding hydrogens is 279 g/mol. The quantitative estimate of drug-likeness (QED) is 0.908. The molecule has 0 aliphatic rings. The molecule has 0 aliphatic carbocycles. The fourth-order valence-electron chi connectivity index (χ4n) is 0.890. The van der Waals surface area contributed by atoms with Crippen molar-refractivity contribution >= 4 is 39.1 Å². The van der Waals surface area contributed by atoms with Crippen molar-refractivity contribution in [3.8, 4) is 6.07 Å². The van der Waals surface area contributed by atoms with Crippen molar-refractivity contribution in [3.05, 3.63) is 27.7 Å². The zero-order valence-corrected chi connectivity index (χ0v) is 10.3. The van der Waals surface area contributed by atoms with Crippen LogP contribution in [-0.2, 0) is 4.79 Å². The lowest BCUT2D eigenvalue weighted by atomic mass is 10.2. The molecule has 1 aromatic rings. The van der Waals surface area contributed by atoms with E-state index in [0.717, 1.165) is 0 Å². The molecule has 1 aromatic carbocycles. The number of halogens is 2. The molecule has 0 fully saturated rings. The molecule has 0 radical (unpaired) electrons. The highest BCUT2D eigenvalue weighted by Gasteiger charge is 2.12. The molecule has 0 saturated heterocycles. The van der Waals surface area contributed by atoms with Crippen LogP contribution < -0.4 is 5.32 Å². The molecule has 15 heavy (non-hydrogen) atoms. The van der Waals surface area contributed by atoms with Gasteiger partial charge in [0.15, 0.2) is 0 Å². The SMILES string of the molecule is CC(C#N)C(=O)Nc1ccc(Cl)cc1Br. The fourth-order valence-corrected chi connectivity index (χ4v) is 1.67. The summed E-state index contributed by atoms with van der Waals surface area (Å²) in [7, 11) is 0. The summed E-state index contributed by atoms with van der Waals surface area (Å²) in [6.45, 7) is 1.54. The smallest absolute Gasteiger partial charge is 0.241 e. The summed E-state index contributed by atoms with van der Waals surface area (Å²) in [5.74, 6) is -1.01. The van der Waals surface area contributed by atoms with Gasteiger partial charge in [0.2, 0.25) is 5.91 Å². The second-order valence-corrected chi connectivity index (χ2v) is 4.25. The Morgan fingerprint density at radius 1 is 1.67 bits per heavy atom. The van der Waals surface area contributed by atoms with Gasteiger partial charge in [0, 0.05) is 9.50 Å². The Balaban J connectivity index is 2.82. The minimum atomic E-state index is -0.674. The van der Waals surface area contributed by atoms with E-state index in [4.69, 9.17) is 16.9 Å². The van der Waals surface area contributed by atoms with Gasteiger partial charge in [-0.15, -0.1) is 0 Å². The largest absolute Gasteiger partial charge is 0.324 e. The molecule has 1 unspecified atom stereocenters. The summed E-state index contributed by atoms with van der Waals surface area (Å²) in [6.07, 6.45) is 0. The van der Waals surface area contributed by atoms with Gasteiger partial charge in [0.1, 0.15) is 5.92 Å². The van der Waals surface area contributed by atoms with Crippen molar-refractivity contribution in [3.63, 3.8) is 0 Å². The normalized spacial score (nSPS) is 11.6. The third-order valence-electron chi connectivity index (χ3n) is 1.78. The van der Waals surface area contributed by atoms with Gasteiger partial charge < -0.3 is 5.32 Å². The van der Waals surface area contributed by atoms with Crippen molar-refractivity contribution in [1.82, 2.24) is 0 Å². The lowest BCUT2D eigenvalue weighted by Crippen LogP contribution is -2.19. The lowest BCUT2D eigenvalue weighted by molar-refractivity contribution is -0.117. The van der Waals surface area contributed by atoms with Crippen LogP contribution in [0.25, 0.3) is 0 Å². The molecule has 1 amide bonds. The minimum Gasteiger partial charge on any atom is -0.324 e. The van der Waals surface area contributed by atoms with Gasteiger partial charge in [-0.2, -0.15) is 5.26 Å². The van der Waals surface area contributed by atoms with E-state index in [-0.39, 0.29) is 5.91 Å². The molecule has 0 saturated carbocycles. The van der Waals surface area contributed by atoms with Gasteiger partial charge in [-0.1, -0.05) is 11.6 Å². The number of rotatable bonds is 2. The van der Waals surface area contributed by atoms with Gasteiger partial charge in [-0.25, -0.2) is 0 Å². The van der Waals surface area contributed by atoms with Gasteiger partial charge in [-0.05, 0) is 41.1 Å². The predicted molar refractivity (Wildman–Crippen MR) is 62.6 cm³/mol. The summed E-state index contributed by atoms with van der Waals surface area (Å²) in [4.78, 5) is 11.4. The van der Waals surface area contributed by atoms with Gasteiger partial charge in [-0.3, -0.25) is 4.79 Å². The topological polar surface area (TPSA) is 52.9 Å². The Morgan fingerprint density at radius 2 is 2.33 bits per heavy atom. The van der Waals surface area contributed by atoms with Gasteiger partial charge >= 0.3 is 0 Å². The van der Waals surface area contributed by atoms with E-state index in [9.17, 15) is 4.79 Å². The van der Waals surface area contributed by atoms with Crippen LogP contribution in [0.3, 0.4) is 0 Å². The Morgan fingerprint density at radius 3 is 2.87 bits per heavy atom. The number of benzene rings is 1. The zero-order chi connectivity index (χ0) is 11.4. The number of nitrogens with zero attached hydrogens (tertiary/aromatic N) is 1. The first-order valence-electron chi connectivity index (χ1n) is 4.20. The molecule has 0 spiro atoms. The standard InChI is InChI=1S/C10H8BrClN2O/c1-6(5-13)10(15)14-9-3-2-7(12)4-8(9)11/h2-4,6H,1H3,(H,14,15). The minimum absolute atomic E-state index is 0.333. The highest BCUT2D eigenvalue weighted by molar-refractivity contribution is 9.10. The van der Waals surface area contributed by atoms with Crippen molar-refractivity contribution < 1.29 is 4.79 Å². The molecular formula is C10H8BrClN2O. The van der Waals surface area contributed by atoms with Crippen LogP contribution in [0.15, 0.2) is 22.7 Å². The molecule has 1 atom stereocenters. The number of hydrogen-bond donors (Lipinski definition) is 1. The number of amides is 1. The molecule has 1 rings (SSSR count). The maximum Gasteiger partial charge on any atom is 0.241 e. The first kappa shape index (κ1) is 12.0. The van der Waals surface area contributed by atoms with E-state index >= 15 is 0 Å². The van der Waals surface area contributed by atoms with E-state index < -0.39 is 5.92 Å². The summed E-state index contributed by atoms with van der Waals surface area (Å²) < 4.78 is 0.688. The first-order chi connectivity index (χ1) is 7.04. The summed E-state index contributed by atoms with van der Waals surface area (Å²) in [5.41, 5.74) is 0.603. The lowest BCUT2D eigenvalue weighted by Gasteiger charge is -2.08. The maximum absolute atomic E-state index is 11.4. The van der Waals surface area contributed by atoms with Crippen molar-refractivity contribution in [1.29, 1.82) is 5.26 Å². The molecule has 3 nitrogen and oxygen atoms in total. The van der Waals surface area contributed by atoms with Crippen LogP contribution in [0.1, 0.15) is 6.92 Å². The van der Waals surface area contributed by atoms with Crippen LogP contribution in [0.4, 0.5) is 5.69 Å². The van der Waals surface area contributed by atoms with Crippen molar-refractivity contribution in [2.24, 2.45) is 5.92 Å². The van der Waals surface area contributed by atoms with E-state index in [1.54, 1.807) is 25.1 Å². The average molecular weight is 288 g/mol. The Labute approximate surface area is 101 Å². The zero-order valence-electron chi connectivity index (χ0n) is 7.92. The molecule has 0 heterocycles. The Hall–Kier alpha value is -1.05. The number of carbonyl (C=O) groups excluding carboxylic acids is 1. The highest BCUT2D eigenvalue weighted by Crippen LogP contribution is 2.26. The van der Waals surface area contributed by atoms with Gasteiger partial charge in [0.25, 0.3) is 0 Å². The Bertz CT molecular complexity index is 428. The van der Waals surface area contributed by atoms with Crippen molar-refractivity contribution in [2.75, 3.05) is 5.32 Å². The van der Waals surface area contributed by atoms with Crippen LogP contribution >= 0.6 is 27.5 Å². The number of carbonyl (C=O) groups is 1. The second-order valence-electron chi connectivity index (χ2n) is 2.96. The molecule has 1 N–H and O–H groups in total. The Kier molecular flexibility index (Phi) is 4.13. The van der Waals surface area contributed by atoms with Crippen molar-refractivity contribution in [2.45, 2.75) is 6.92 Å². The number of nitrogens with one attached hydrogen (secondary N) is 1. The van der Waals surface area contributed by atoms with E-state index in [2.05, 4.69) is 21.2 Å². The summed E-state index contributed by atoms with van der Waals surface area (Å²) in [6, 6.07) is 6.88. The monoisotopic (exact) mass is 286 g/mol. The third kappa shape index (κ3) is 3.22. The van der Waals surface area contributed by atoms with Crippen LogP contribution in [0.5, 0.6) is 0 Å². The molecule has 5 heteroatoms. The van der Waals surface area contributed by atoms with E-state index in [1.807, 2.05) is 6.07 Å². The molecule has 0 aromatic heterocycles. The van der Waals surface area contributed by atoms with Gasteiger partial charge in [0.05, 0.1) is 11.8 Å². The van der Waals surface area contributed by atoms with E-state index in [0.29, 0.717) is 15.2 Å². The number of hydrogen-bond acceptors (Lipinski definition) is 2. The van der Waals surface area contributed by atoms with Crippen LogP contribution in [-0.4, -0.2) is 5.91 Å². The molecule has 0 aliphatic heterocycles. The summed E-state index contributed by atoms with van der Waals surface area (Å²) in [5, 5.41) is 11.8. The average Bonchev–Trinajstić information content (AvgIpc) is 2.20. The molecule has 78 valence electrons. The van der Waals surface area contributed by atoms with Crippen LogP contribution in [0, 0.1) is 17.2 Å². The number of anilines is 1. The first-order valence-corrected chi connectivity index (χ1v) is 5.37.